The van der Waals surface area contributed by atoms with E-state index in [1.165, 1.54) is 43.9 Å². The van der Waals surface area contributed by atoms with Gasteiger partial charge in [-0.1, -0.05) is 20.3 Å². The third-order valence-corrected chi connectivity index (χ3v) is 5.69. The van der Waals surface area contributed by atoms with Crippen molar-refractivity contribution < 1.29 is 0 Å². The average molecular weight is 256 g/mol. The molecule has 0 saturated carbocycles. The Labute approximate surface area is 111 Å². The molecule has 2 nitrogen and oxygen atoms in total. The van der Waals surface area contributed by atoms with Crippen LogP contribution in [0.2, 0.25) is 0 Å². The van der Waals surface area contributed by atoms with Crippen LogP contribution >= 0.6 is 11.8 Å². The Balaban J connectivity index is 1.93. The minimum Gasteiger partial charge on any atom is -0.311 e. The smallest absolute Gasteiger partial charge is 0.0221 e. The van der Waals surface area contributed by atoms with Gasteiger partial charge in [-0.3, -0.25) is 4.90 Å². The molecular formula is C14H28N2S. The van der Waals surface area contributed by atoms with E-state index in [-0.39, 0.29) is 0 Å². The van der Waals surface area contributed by atoms with Gasteiger partial charge in [-0.25, -0.2) is 0 Å². The van der Waals surface area contributed by atoms with Crippen LogP contribution in [0.25, 0.3) is 0 Å². The molecule has 2 saturated heterocycles. The average Bonchev–Trinajstić information content (AvgIpc) is 2.39. The van der Waals surface area contributed by atoms with Gasteiger partial charge in [0.2, 0.25) is 0 Å². The molecule has 0 bridgehead atoms. The molecule has 0 aromatic carbocycles. The molecule has 0 amide bonds. The third kappa shape index (κ3) is 3.39. The van der Waals surface area contributed by atoms with Gasteiger partial charge >= 0.3 is 0 Å². The molecule has 0 aromatic rings. The monoisotopic (exact) mass is 256 g/mol. The van der Waals surface area contributed by atoms with Gasteiger partial charge in [0.05, 0.1) is 0 Å². The fourth-order valence-electron chi connectivity index (χ4n) is 3.10. The second kappa shape index (κ2) is 6.44. The molecule has 1 N–H and O–H groups in total. The summed E-state index contributed by atoms with van der Waals surface area (Å²) in [5.74, 6) is 3.55. The zero-order valence-electron chi connectivity index (χ0n) is 11.6. The van der Waals surface area contributed by atoms with Crippen LogP contribution in [0.3, 0.4) is 0 Å². The maximum atomic E-state index is 3.74. The first kappa shape index (κ1) is 13.7. The van der Waals surface area contributed by atoms with Gasteiger partial charge in [0.25, 0.3) is 0 Å². The van der Waals surface area contributed by atoms with Gasteiger partial charge in [-0.15, -0.1) is 0 Å². The zero-order valence-corrected chi connectivity index (χ0v) is 12.4. The molecule has 3 atom stereocenters. The van der Waals surface area contributed by atoms with E-state index >= 15 is 0 Å². The fourth-order valence-corrected chi connectivity index (χ4v) is 4.18. The molecule has 2 aliphatic heterocycles. The molecule has 2 fully saturated rings. The Morgan fingerprint density at radius 2 is 2.06 bits per heavy atom. The van der Waals surface area contributed by atoms with E-state index in [1.54, 1.807) is 0 Å². The molecule has 2 rings (SSSR count). The number of hydrogen-bond acceptors (Lipinski definition) is 3. The summed E-state index contributed by atoms with van der Waals surface area (Å²) in [5, 5.41) is 3.74. The molecule has 2 heterocycles. The Kier molecular flexibility index (Phi) is 5.19. The van der Waals surface area contributed by atoms with Gasteiger partial charge < -0.3 is 5.32 Å². The lowest BCUT2D eigenvalue weighted by atomic mass is 9.94. The number of piperazine rings is 1. The molecule has 2 aliphatic rings. The van der Waals surface area contributed by atoms with Gasteiger partial charge in [0.15, 0.2) is 0 Å². The van der Waals surface area contributed by atoms with Gasteiger partial charge in [0, 0.05) is 31.2 Å². The quantitative estimate of drug-likeness (QED) is 0.835. The van der Waals surface area contributed by atoms with Crippen molar-refractivity contribution in [3.63, 3.8) is 0 Å². The van der Waals surface area contributed by atoms with E-state index in [4.69, 9.17) is 0 Å². The highest BCUT2D eigenvalue weighted by Crippen LogP contribution is 2.26. The summed E-state index contributed by atoms with van der Waals surface area (Å²) in [4.78, 5) is 2.80. The minimum absolute atomic E-state index is 0.714. The lowest BCUT2D eigenvalue weighted by molar-refractivity contribution is 0.0707. The van der Waals surface area contributed by atoms with Crippen LogP contribution in [0.15, 0.2) is 0 Å². The van der Waals surface area contributed by atoms with Crippen LogP contribution in [0.5, 0.6) is 0 Å². The van der Waals surface area contributed by atoms with Gasteiger partial charge in [0.1, 0.15) is 0 Å². The van der Waals surface area contributed by atoms with Crippen molar-refractivity contribution in [2.24, 2.45) is 5.92 Å². The van der Waals surface area contributed by atoms with Crippen LogP contribution in [0.4, 0.5) is 0 Å². The highest BCUT2D eigenvalue weighted by atomic mass is 32.2. The molecule has 0 aromatic heterocycles. The Hall–Kier alpha value is 0.270. The molecule has 0 radical (unpaired) electrons. The fraction of sp³-hybridized carbons (Fsp3) is 1.00. The van der Waals surface area contributed by atoms with Crippen molar-refractivity contribution in [1.29, 1.82) is 0 Å². The summed E-state index contributed by atoms with van der Waals surface area (Å²) in [6.45, 7) is 9.54. The summed E-state index contributed by atoms with van der Waals surface area (Å²) in [7, 11) is 0. The highest BCUT2D eigenvalue weighted by Gasteiger charge is 2.32. The molecule has 0 spiro atoms. The maximum absolute atomic E-state index is 3.74. The van der Waals surface area contributed by atoms with Crippen molar-refractivity contribution in [2.75, 3.05) is 24.6 Å². The van der Waals surface area contributed by atoms with Crippen molar-refractivity contribution in [3.05, 3.63) is 0 Å². The molecule has 0 aliphatic carbocycles. The second-order valence-corrected chi connectivity index (χ2v) is 7.01. The van der Waals surface area contributed by atoms with Crippen molar-refractivity contribution in [2.45, 2.75) is 58.2 Å². The first-order chi connectivity index (χ1) is 8.22. The molecule has 3 unspecified atom stereocenters. The van der Waals surface area contributed by atoms with Crippen molar-refractivity contribution in [3.8, 4) is 0 Å². The number of nitrogens with one attached hydrogen (secondary N) is 1. The first-order valence-electron chi connectivity index (χ1n) is 7.29. The minimum atomic E-state index is 0.714. The molecule has 3 heteroatoms. The number of nitrogens with zero attached hydrogens (tertiary/aromatic N) is 1. The predicted octanol–water partition coefficient (Wildman–Crippen LogP) is 2.59. The van der Waals surface area contributed by atoms with Gasteiger partial charge in [-0.05, 0) is 37.2 Å². The lowest BCUT2D eigenvalue weighted by Gasteiger charge is -2.46. The highest BCUT2D eigenvalue weighted by molar-refractivity contribution is 7.99. The Bertz CT molecular complexity index is 228. The van der Waals surface area contributed by atoms with Crippen LogP contribution in [-0.4, -0.2) is 47.6 Å². The van der Waals surface area contributed by atoms with E-state index in [1.807, 2.05) is 0 Å². The Morgan fingerprint density at radius 1 is 1.35 bits per heavy atom. The van der Waals surface area contributed by atoms with E-state index < -0.39 is 0 Å². The number of thioether (sulfide) groups is 1. The van der Waals surface area contributed by atoms with E-state index in [2.05, 4.69) is 42.7 Å². The first-order valence-corrected chi connectivity index (χ1v) is 8.44. The summed E-state index contributed by atoms with van der Waals surface area (Å²) >= 11 is 2.13. The summed E-state index contributed by atoms with van der Waals surface area (Å²) < 4.78 is 0. The van der Waals surface area contributed by atoms with Crippen LogP contribution in [-0.2, 0) is 0 Å². The lowest BCUT2D eigenvalue weighted by Crippen LogP contribution is -2.60. The summed E-state index contributed by atoms with van der Waals surface area (Å²) in [5.41, 5.74) is 0. The standard InChI is InChI=1S/C14H28N2S/c1-4-11(2)14-10-16(12(3)9-15-14)13-5-7-17-8-6-13/h11-15H,4-10H2,1-3H3. The van der Waals surface area contributed by atoms with E-state index in [0.29, 0.717) is 6.04 Å². The van der Waals surface area contributed by atoms with Crippen LogP contribution in [0, 0.1) is 5.92 Å². The molecule has 17 heavy (non-hydrogen) atoms. The SMILES string of the molecule is CCC(C)C1CN(C2CCSCC2)C(C)CN1. The van der Waals surface area contributed by atoms with Crippen LogP contribution in [0.1, 0.15) is 40.0 Å². The topological polar surface area (TPSA) is 15.3 Å². The number of hydrogen-bond donors (Lipinski definition) is 1. The second-order valence-electron chi connectivity index (χ2n) is 5.79. The summed E-state index contributed by atoms with van der Waals surface area (Å²) in [6, 6.07) is 2.30. The van der Waals surface area contributed by atoms with Crippen molar-refractivity contribution in [1.82, 2.24) is 10.2 Å². The largest absolute Gasteiger partial charge is 0.311 e. The van der Waals surface area contributed by atoms with Gasteiger partial charge in [-0.2, -0.15) is 11.8 Å². The normalized spacial score (nSPS) is 34.8. The molecule has 100 valence electrons. The summed E-state index contributed by atoms with van der Waals surface area (Å²) in [6.07, 6.45) is 4.10. The zero-order chi connectivity index (χ0) is 12.3. The molecular weight excluding hydrogens is 228 g/mol. The maximum Gasteiger partial charge on any atom is 0.0221 e. The van der Waals surface area contributed by atoms with E-state index in [9.17, 15) is 0 Å². The van der Waals surface area contributed by atoms with Crippen LogP contribution < -0.4 is 5.32 Å². The predicted molar refractivity (Wildman–Crippen MR) is 77.8 cm³/mol. The van der Waals surface area contributed by atoms with Crippen molar-refractivity contribution >= 4 is 11.8 Å². The Morgan fingerprint density at radius 3 is 2.71 bits per heavy atom. The van der Waals surface area contributed by atoms with E-state index in [0.717, 1.165) is 18.0 Å². The number of rotatable bonds is 3. The third-order valence-electron chi connectivity index (χ3n) is 4.64.